The van der Waals surface area contributed by atoms with Crippen LogP contribution in [0.3, 0.4) is 0 Å². The molecule has 0 aliphatic carbocycles. The number of hydrogen-bond donors (Lipinski definition) is 1. The minimum Gasteiger partial charge on any atom is -0.421 e. The average Bonchev–Trinajstić information content (AvgIpc) is 3.25. The molecule has 3 rings (SSSR count). The average molecular weight is 329 g/mol. The molecular formula is C18H23N3O3. The van der Waals surface area contributed by atoms with Crippen LogP contribution in [-0.4, -0.2) is 34.9 Å². The van der Waals surface area contributed by atoms with Crippen LogP contribution in [0.15, 0.2) is 28.7 Å². The van der Waals surface area contributed by atoms with Crippen molar-refractivity contribution in [2.75, 3.05) is 6.61 Å². The SMILES string of the molecule is Cc1ccc(-c2nnc(CCC(=O)NC(C)C3CCCO3)o2)cc1. The first-order valence-corrected chi connectivity index (χ1v) is 8.42. The number of ether oxygens (including phenoxy) is 1. The highest BCUT2D eigenvalue weighted by Crippen LogP contribution is 2.19. The van der Waals surface area contributed by atoms with E-state index in [1.54, 1.807) is 0 Å². The van der Waals surface area contributed by atoms with E-state index in [1.807, 2.05) is 38.1 Å². The van der Waals surface area contributed by atoms with E-state index in [4.69, 9.17) is 9.15 Å². The summed E-state index contributed by atoms with van der Waals surface area (Å²) in [4.78, 5) is 12.0. The van der Waals surface area contributed by atoms with Crippen molar-refractivity contribution in [3.63, 3.8) is 0 Å². The molecule has 0 spiro atoms. The van der Waals surface area contributed by atoms with Crippen molar-refractivity contribution in [1.82, 2.24) is 15.5 Å². The van der Waals surface area contributed by atoms with Gasteiger partial charge in [0.15, 0.2) is 0 Å². The molecule has 6 heteroatoms. The summed E-state index contributed by atoms with van der Waals surface area (Å²) >= 11 is 0. The summed E-state index contributed by atoms with van der Waals surface area (Å²) in [7, 11) is 0. The summed E-state index contributed by atoms with van der Waals surface area (Å²) in [6.45, 7) is 4.80. The van der Waals surface area contributed by atoms with Crippen molar-refractivity contribution in [2.45, 2.75) is 51.7 Å². The van der Waals surface area contributed by atoms with Gasteiger partial charge < -0.3 is 14.5 Å². The largest absolute Gasteiger partial charge is 0.421 e. The van der Waals surface area contributed by atoms with Crippen molar-refractivity contribution in [3.05, 3.63) is 35.7 Å². The van der Waals surface area contributed by atoms with Gasteiger partial charge in [-0.3, -0.25) is 4.79 Å². The molecule has 1 aliphatic rings. The molecule has 6 nitrogen and oxygen atoms in total. The fourth-order valence-corrected chi connectivity index (χ4v) is 2.80. The molecule has 1 aromatic carbocycles. The molecule has 128 valence electrons. The number of carbonyl (C=O) groups is 1. The first-order valence-electron chi connectivity index (χ1n) is 8.42. The van der Waals surface area contributed by atoms with Gasteiger partial charge in [0.25, 0.3) is 0 Å². The number of nitrogens with one attached hydrogen (secondary N) is 1. The van der Waals surface area contributed by atoms with Gasteiger partial charge in [0.05, 0.1) is 12.1 Å². The molecule has 1 aliphatic heterocycles. The molecule has 2 unspecified atom stereocenters. The van der Waals surface area contributed by atoms with Crippen LogP contribution >= 0.6 is 0 Å². The molecule has 2 atom stereocenters. The number of aryl methyl sites for hydroxylation is 2. The summed E-state index contributed by atoms with van der Waals surface area (Å²) in [6.07, 6.45) is 2.96. The Morgan fingerprint density at radius 3 is 2.83 bits per heavy atom. The van der Waals surface area contributed by atoms with Crippen molar-refractivity contribution in [3.8, 4) is 11.5 Å². The molecule has 1 amide bonds. The van der Waals surface area contributed by atoms with E-state index >= 15 is 0 Å². The normalized spacial score (nSPS) is 18.5. The van der Waals surface area contributed by atoms with Gasteiger partial charge in [-0.05, 0) is 38.8 Å². The highest BCUT2D eigenvalue weighted by atomic mass is 16.5. The van der Waals surface area contributed by atoms with Crippen molar-refractivity contribution in [1.29, 1.82) is 0 Å². The zero-order valence-electron chi connectivity index (χ0n) is 14.1. The third-order valence-corrected chi connectivity index (χ3v) is 4.24. The zero-order valence-corrected chi connectivity index (χ0v) is 14.1. The smallest absolute Gasteiger partial charge is 0.247 e. The second-order valence-electron chi connectivity index (χ2n) is 6.27. The van der Waals surface area contributed by atoms with E-state index < -0.39 is 0 Å². The number of aromatic nitrogens is 2. The van der Waals surface area contributed by atoms with Gasteiger partial charge in [0.2, 0.25) is 17.7 Å². The van der Waals surface area contributed by atoms with Crippen molar-refractivity contribution in [2.24, 2.45) is 0 Å². The highest BCUT2D eigenvalue weighted by Gasteiger charge is 2.23. The van der Waals surface area contributed by atoms with E-state index in [0.29, 0.717) is 24.6 Å². The Balaban J connectivity index is 1.49. The van der Waals surface area contributed by atoms with Crippen LogP contribution in [0.25, 0.3) is 11.5 Å². The van der Waals surface area contributed by atoms with Gasteiger partial charge in [-0.25, -0.2) is 0 Å². The lowest BCUT2D eigenvalue weighted by atomic mass is 10.1. The Hall–Kier alpha value is -2.21. The number of rotatable bonds is 6. The minimum atomic E-state index is -0.0203. The Labute approximate surface area is 141 Å². The summed E-state index contributed by atoms with van der Waals surface area (Å²) in [6, 6.07) is 7.93. The van der Waals surface area contributed by atoms with Crippen LogP contribution in [0, 0.1) is 6.92 Å². The van der Waals surface area contributed by atoms with E-state index in [0.717, 1.165) is 25.0 Å². The third-order valence-electron chi connectivity index (χ3n) is 4.24. The predicted molar refractivity (Wildman–Crippen MR) is 89.4 cm³/mol. The maximum Gasteiger partial charge on any atom is 0.247 e. The molecular weight excluding hydrogens is 306 g/mol. The predicted octanol–water partition coefficient (Wildman–Crippen LogP) is 2.66. The van der Waals surface area contributed by atoms with Crippen LogP contribution in [-0.2, 0) is 16.0 Å². The lowest BCUT2D eigenvalue weighted by Crippen LogP contribution is -2.40. The molecule has 0 bridgehead atoms. The second kappa shape index (κ2) is 7.57. The van der Waals surface area contributed by atoms with Crippen LogP contribution in [0.5, 0.6) is 0 Å². The number of nitrogens with zero attached hydrogens (tertiary/aromatic N) is 2. The quantitative estimate of drug-likeness (QED) is 0.881. The van der Waals surface area contributed by atoms with Crippen molar-refractivity contribution < 1.29 is 13.9 Å². The first kappa shape index (κ1) is 16.6. The van der Waals surface area contributed by atoms with Gasteiger partial charge >= 0.3 is 0 Å². The first-order chi connectivity index (χ1) is 11.6. The Kier molecular flexibility index (Phi) is 5.25. The topological polar surface area (TPSA) is 77.2 Å². The van der Waals surface area contributed by atoms with Gasteiger partial charge in [-0.15, -0.1) is 10.2 Å². The second-order valence-corrected chi connectivity index (χ2v) is 6.27. The lowest BCUT2D eigenvalue weighted by molar-refractivity contribution is -0.122. The van der Waals surface area contributed by atoms with Crippen LogP contribution < -0.4 is 5.32 Å². The van der Waals surface area contributed by atoms with Gasteiger partial charge in [0.1, 0.15) is 0 Å². The highest BCUT2D eigenvalue weighted by molar-refractivity contribution is 5.76. The van der Waals surface area contributed by atoms with Gasteiger partial charge in [-0.2, -0.15) is 0 Å². The molecule has 2 aromatic rings. The summed E-state index contributed by atoms with van der Waals surface area (Å²) in [5.74, 6) is 0.941. The number of amides is 1. The minimum absolute atomic E-state index is 0.0203. The molecule has 0 radical (unpaired) electrons. The van der Waals surface area contributed by atoms with Crippen LogP contribution in [0.1, 0.15) is 37.6 Å². The third kappa shape index (κ3) is 4.20. The molecule has 1 aromatic heterocycles. The van der Waals surface area contributed by atoms with E-state index in [9.17, 15) is 4.79 Å². The van der Waals surface area contributed by atoms with Crippen LogP contribution in [0.4, 0.5) is 0 Å². The monoisotopic (exact) mass is 329 g/mol. The van der Waals surface area contributed by atoms with Gasteiger partial charge in [0, 0.05) is 25.0 Å². The van der Waals surface area contributed by atoms with Crippen molar-refractivity contribution >= 4 is 5.91 Å². The maximum atomic E-state index is 12.0. The maximum absolute atomic E-state index is 12.0. The van der Waals surface area contributed by atoms with Gasteiger partial charge in [-0.1, -0.05) is 17.7 Å². The zero-order chi connectivity index (χ0) is 16.9. The fourth-order valence-electron chi connectivity index (χ4n) is 2.80. The number of hydrogen-bond acceptors (Lipinski definition) is 5. The number of benzene rings is 1. The Morgan fingerprint density at radius 1 is 1.33 bits per heavy atom. The molecule has 0 saturated carbocycles. The van der Waals surface area contributed by atoms with E-state index in [2.05, 4.69) is 15.5 Å². The summed E-state index contributed by atoms with van der Waals surface area (Å²) < 4.78 is 11.2. The van der Waals surface area contributed by atoms with Crippen LogP contribution in [0.2, 0.25) is 0 Å². The van der Waals surface area contributed by atoms with E-state index in [-0.39, 0.29) is 18.1 Å². The molecule has 1 fully saturated rings. The molecule has 24 heavy (non-hydrogen) atoms. The van der Waals surface area contributed by atoms with E-state index in [1.165, 1.54) is 5.56 Å². The molecule has 1 saturated heterocycles. The fraction of sp³-hybridized carbons (Fsp3) is 0.500. The lowest BCUT2D eigenvalue weighted by Gasteiger charge is -2.19. The Bertz CT molecular complexity index is 675. The number of carbonyl (C=O) groups excluding carboxylic acids is 1. The summed E-state index contributed by atoms with van der Waals surface area (Å²) in [5, 5.41) is 11.1. The molecule has 1 N–H and O–H groups in total. The standard InChI is InChI=1S/C18H23N3O3/c1-12-5-7-14(8-6-12)18-21-20-17(24-18)10-9-16(22)19-13(2)15-4-3-11-23-15/h5-8,13,15H,3-4,9-11H2,1-2H3,(H,19,22). The molecule has 2 heterocycles. The Morgan fingerprint density at radius 2 is 2.12 bits per heavy atom. The summed E-state index contributed by atoms with van der Waals surface area (Å²) in [5.41, 5.74) is 2.06.